The molecule has 0 unspecified atom stereocenters. The second kappa shape index (κ2) is 6.46. The highest BCUT2D eigenvalue weighted by molar-refractivity contribution is 6.09. The Morgan fingerprint density at radius 2 is 1.93 bits per heavy atom. The second-order valence-electron chi connectivity index (χ2n) is 6.89. The van der Waals surface area contributed by atoms with Gasteiger partial charge in [0.05, 0.1) is 29.7 Å². The number of pyridine rings is 2. The first-order valence-electron chi connectivity index (χ1n) is 9.22. The Morgan fingerprint density at radius 3 is 2.64 bits per heavy atom. The van der Waals surface area contributed by atoms with Crippen LogP contribution >= 0.6 is 0 Å². The van der Waals surface area contributed by atoms with Gasteiger partial charge in [-0.3, -0.25) is 9.69 Å². The number of hydrogen-bond acceptors (Lipinski definition) is 6. The van der Waals surface area contributed by atoms with Gasteiger partial charge in [0.15, 0.2) is 0 Å². The van der Waals surface area contributed by atoms with Crippen LogP contribution in [0.25, 0.3) is 5.69 Å². The maximum atomic E-state index is 12.8. The number of nitrogens with zero attached hydrogens (tertiary/aromatic N) is 7. The smallest absolute Gasteiger partial charge is 0.263 e. The molecule has 0 atom stereocenters. The number of aromatic nitrogens is 4. The third-order valence-electron chi connectivity index (χ3n) is 5.13. The molecule has 0 saturated carbocycles. The lowest BCUT2D eigenvalue weighted by Gasteiger charge is -2.16. The Labute approximate surface area is 161 Å². The zero-order valence-corrected chi connectivity index (χ0v) is 15.1. The predicted octanol–water partition coefficient (Wildman–Crippen LogP) is 2.29. The molecule has 3 aromatic rings. The van der Waals surface area contributed by atoms with Crippen molar-refractivity contribution < 1.29 is 4.79 Å². The van der Waals surface area contributed by atoms with Gasteiger partial charge in [-0.05, 0) is 37.1 Å². The molecule has 8 heteroatoms. The lowest BCUT2D eigenvalue weighted by atomic mass is 10.3. The van der Waals surface area contributed by atoms with Crippen LogP contribution in [0.1, 0.15) is 34.6 Å². The van der Waals surface area contributed by atoms with E-state index in [0.717, 1.165) is 24.6 Å². The third-order valence-corrected chi connectivity index (χ3v) is 5.13. The number of rotatable bonds is 3. The third kappa shape index (κ3) is 2.68. The topological polar surface area (TPSA) is 90.9 Å². The average molecular weight is 371 g/mol. The maximum absolute atomic E-state index is 12.8. The minimum atomic E-state index is -0.162. The monoisotopic (exact) mass is 371 g/mol. The predicted molar refractivity (Wildman–Crippen MR) is 102 cm³/mol. The number of amides is 1. The van der Waals surface area contributed by atoms with E-state index in [-0.39, 0.29) is 11.6 Å². The van der Waals surface area contributed by atoms with Crippen molar-refractivity contribution in [3.63, 3.8) is 0 Å². The number of hydrogen-bond donors (Lipinski definition) is 0. The summed E-state index contributed by atoms with van der Waals surface area (Å²) in [6.45, 7) is 2.43. The molecule has 0 N–H and O–H groups in total. The van der Waals surface area contributed by atoms with Crippen LogP contribution in [0.3, 0.4) is 0 Å². The van der Waals surface area contributed by atoms with E-state index >= 15 is 0 Å². The van der Waals surface area contributed by atoms with Crippen molar-refractivity contribution in [2.45, 2.75) is 19.4 Å². The zero-order chi connectivity index (χ0) is 19.1. The molecular formula is C20H17N7O. The molecule has 2 aliphatic heterocycles. The van der Waals surface area contributed by atoms with Crippen LogP contribution in [0.15, 0.2) is 42.7 Å². The molecule has 8 nitrogen and oxygen atoms in total. The summed E-state index contributed by atoms with van der Waals surface area (Å²) in [5.41, 5.74) is 2.34. The number of nitriles is 1. The maximum Gasteiger partial charge on any atom is 0.263 e. The SMILES string of the molecule is N#Cc1cccc(N2Cc3nn(-c4ccc(N5CCCC5)nc4)cc3C2=O)n1. The van der Waals surface area contributed by atoms with Crippen molar-refractivity contribution in [1.29, 1.82) is 5.26 Å². The van der Waals surface area contributed by atoms with Gasteiger partial charge in [-0.15, -0.1) is 0 Å². The lowest BCUT2D eigenvalue weighted by Crippen LogP contribution is -2.25. The molecular weight excluding hydrogens is 354 g/mol. The first-order chi connectivity index (χ1) is 13.7. The number of carbonyl (C=O) groups is 1. The van der Waals surface area contributed by atoms with Crippen LogP contribution < -0.4 is 9.80 Å². The number of carbonyl (C=O) groups excluding carboxylic acids is 1. The summed E-state index contributed by atoms with van der Waals surface area (Å²) in [6.07, 6.45) is 5.94. The number of fused-ring (bicyclic) bond motifs is 1. The molecule has 3 aromatic heterocycles. The van der Waals surface area contributed by atoms with E-state index in [4.69, 9.17) is 5.26 Å². The largest absolute Gasteiger partial charge is 0.357 e. The molecule has 0 spiro atoms. The van der Waals surface area contributed by atoms with Gasteiger partial charge in [-0.2, -0.15) is 10.4 Å². The van der Waals surface area contributed by atoms with E-state index in [1.54, 1.807) is 35.3 Å². The standard InChI is InChI=1S/C20H17N7O/c21-10-14-4-3-5-19(23-14)26-13-17-16(20(26)28)12-27(24-17)15-6-7-18(22-11-15)25-8-1-2-9-25/h3-7,11-12H,1-2,8-9,13H2. The summed E-state index contributed by atoms with van der Waals surface area (Å²) < 4.78 is 1.69. The summed E-state index contributed by atoms with van der Waals surface area (Å²) in [5, 5.41) is 13.6. The molecule has 5 rings (SSSR count). The van der Waals surface area contributed by atoms with Crippen LogP contribution in [0.4, 0.5) is 11.6 Å². The summed E-state index contributed by atoms with van der Waals surface area (Å²) in [7, 11) is 0. The van der Waals surface area contributed by atoms with Gasteiger partial charge < -0.3 is 4.90 Å². The van der Waals surface area contributed by atoms with E-state index in [1.165, 1.54) is 17.7 Å². The Morgan fingerprint density at radius 1 is 1.07 bits per heavy atom. The molecule has 5 heterocycles. The Balaban J connectivity index is 1.39. The van der Waals surface area contributed by atoms with E-state index in [2.05, 4.69) is 20.0 Å². The van der Waals surface area contributed by atoms with Crippen molar-refractivity contribution >= 4 is 17.5 Å². The van der Waals surface area contributed by atoms with Crippen molar-refractivity contribution in [3.05, 3.63) is 59.7 Å². The van der Waals surface area contributed by atoms with Gasteiger partial charge in [-0.1, -0.05) is 6.07 Å². The van der Waals surface area contributed by atoms with E-state index in [9.17, 15) is 4.79 Å². The van der Waals surface area contributed by atoms with Crippen LogP contribution in [0, 0.1) is 11.3 Å². The molecule has 1 saturated heterocycles. The summed E-state index contributed by atoms with van der Waals surface area (Å²) in [5.74, 6) is 1.28. The molecule has 2 aliphatic rings. The molecule has 138 valence electrons. The Bertz CT molecular complexity index is 1090. The summed E-state index contributed by atoms with van der Waals surface area (Å²) in [6, 6.07) is 11.0. The van der Waals surface area contributed by atoms with E-state index in [1.807, 2.05) is 18.2 Å². The van der Waals surface area contributed by atoms with Crippen molar-refractivity contribution in [2.24, 2.45) is 0 Å². The molecule has 28 heavy (non-hydrogen) atoms. The van der Waals surface area contributed by atoms with Gasteiger partial charge in [0, 0.05) is 19.3 Å². The zero-order valence-electron chi connectivity index (χ0n) is 15.1. The van der Waals surface area contributed by atoms with Gasteiger partial charge >= 0.3 is 0 Å². The highest BCUT2D eigenvalue weighted by Gasteiger charge is 2.32. The fourth-order valence-corrected chi connectivity index (χ4v) is 3.67. The molecule has 0 bridgehead atoms. The normalized spacial score (nSPS) is 15.8. The number of anilines is 2. The van der Waals surface area contributed by atoms with Gasteiger partial charge in [0.1, 0.15) is 23.4 Å². The second-order valence-corrected chi connectivity index (χ2v) is 6.89. The molecule has 1 amide bonds. The van der Waals surface area contributed by atoms with Crippen LogP contribution in [0.2, 0.25) is 0 Å². The Hall–Kier alpha value is -3.73. The summed E-state index contributed by atoms with van der Waals surface area (Å²) in [4.78, 5) is 25.4. The van der Waals surface area contributed by atoms with Gasteiger partial charge in [-0.25, -0.2) is 14.6 Å². The van der Waals surface area contributed by atoms with Crippen LogP contribution in [-0.2, 0) is 6.54 Å². The van der Waals surface area contributed by atoms with Crippen molar-refractivity contribution in [2.75, 3.05) is 22.9 Å². The molecule has 1 fully saturated rings. The van der Waals surface area contributed by atoms with E-state index < -0.39 is 0 Å². The quantitative estimate of drug-likeness (QED) is 0.702. The van der Waals surface area contributed by atoms with Crippen LogP contribution in [-0.4, -0.2) is 38.7 Å². The minimum Gasteiger partial charge on any atom is -0.357 e. The lowest BCUT2D eigenvalue weighted by molar-refractivity contribution is 0.0995. The molecule has 0 aromatic carbocycles. The Kier molecular flexibility index (Phi) is 3.79. The fourth-order valence-electron chi connectivity index (χ4n) is 3.67. The fraction of sp³-hybridized carbons (Fsp3) is 0.250. The highest BCUT2D eigenvalue weighted by Crippen LogP contribution is 2.27. The molecule has 0 aliphatic carbocycles. The van der Waals surface area contributed by atoms with E-state index in [0.29, 0.717) is 23.6 Å². The average Bonchev–Trinajstić information content (AvgIpc) is 3.46. The van der Waals surface area contributed by atoms with Crippen LogP contribution in [0.5, 0.6) is 0 Å². The minimum absolute atomic E-state index is 0.162. The van der Waals surface area contributed by atoms with Crippen molar-refractivity contribution in [1.82, 2.24) is 19.7 Å². The highest BCUT2D eigenvalue weighted by atomic mass is 16.2. The van der Waals surface area contributed by atoms with Gasteiger partial charge in [0.25, 0.3) is 5.91 Å². The van der Waals surface area contributed by atoms with Crippen molar-refractivity contribution in [3.8, 4) is 11.8 Å². The first kappa shape index (κ1) is 16.4. The first-order valence-corrected chi connectivity index (χ1v) is 9.22. The van der Waals surface area contributed by atoms with Gasteiger partial charge in [0.2, 0.25) is 0 Å². The molecule has 0 radical (unpaired) electrons. The summed E-state index contributed by atoms with van der Waals surface area (Å²) >= 11 is 0.